The van der Waals surface area contributed by atoms with Crippen LogP contribution in [0.3, 0.4) is 0 Å². The van der Waals surface area contributed by atoms with Crippen molar-refractivity contribution in [3.05, 3.63) is 17.3 Å². The lowest BCUT2D eigenvalue weighted by molar-refractivity contribution is 0.342. The van der Waals surface area contributed by atoms with E-state index in [-0.39, 0.29) is 5.41 Å². The summed E-state index contributed by atoms with van der Waals surface area (Å²) >= 11 is 5.68. The number of hydrogen-bond acceptors (Lipinski definition) is 3. The molecule has 0 fully saturated rings. The topological polar surface area (TPSA) is 37.8 Å². The Labute approximate surface area is 109 Å². The van der Waals surface area contributed by atoms with Crippen LogP contribution < -0.4 is 5.32 Å². The van der Waals surface area contributed by atoms with E-state index >= 15 is 0 Å². The van der Waals surface area contributed by atoms with Gasteiger partial charge < -0.3 is 5.32 Å². The Morgan fingerprint density at radius 3 is 2.59 bits per heavy atom. The van der Waals surface area contributed by atoms with Crippen LogP contribution in [0.15, 0.2) is 12.1 Å². The number of aromatic nitrogens is 2. The Morgan fingerprint density at radius 1 is 1.24 bits per heavy atom. The standard InChI is InChI=1S/C13H22ClN3/c1-4-5-6-9-13(2,3)10-15-12-8-7-11(14)16-17-12/h7-8H,4-6,9-10H2,1-3H3,(H,15,17). The second kappa shape index (κ2) is 6.80. The molecule has 3 nitrogen and oxygen atoms in total. The average Bonchev–Trinajstić information content (AvgIpc) is 2.29. The number of anilines is 1. The van der Waals surface area contributed by atoms with E-state index < -0.39 is 0 Å². The molecular weight excluding hydrogens is 234 g/mol. The van der Waals surface area contributed by atoms with Crippen LogP contribution in [-0.4, -0.2) is 16.7 Å². The summed E-state index contributed by atoms with van der Waals surface area (Å²) < 4.78 is 0. The monoisotopic (exact) mass is 255 g/mol. The minimum Gasteiger partial charge on any atom is -0.368 e. The van der Waals surface area contributed by atoms with Gasteiger partial charge in [0.05, 0.1) is 0 Å². The largest absolute Gasteiger partial charge is 0.368 e. The highest BCUT2D eigenvalue weighted by molar-refractivity contribution is 6.29. The van der Waals surface area contributed by atoms with Crippen molar-refractivity contribution >= 4 is 17.4 Å². The van der Waals surface area contributed by atoms with E-state index in [1.165, 1.54) is 25.7 Å². The molecule has 0 aliphatic rings. The quantitative estimate of drug-likeness (QED) is 0.744. The first-order valence-electron chi connectivity index (χ1n) is 6.26. The van der Waals surface area contributed by atoms with Crippen molar-refractivity contribution in [2.24, 2.45) is 5.41 Å². The predicted molar refractivity (Wildman–Crippen MR) is 73.5 cm³/mol. The van der Waals surface area contributed by atoms with E-state index in [1.807, 2.05) is 6.07 Å². The molecule has 0 aliphatic heterocycles. The molecule has 96 valence electrons. The predicted octanol–water partition coefficient (Wildman–Crippen LogP) is 4.15. The highest BCUT2D eigenvalue weighted by Gasteiger charge is 2.17. The summed E-state index contributed by atoms with van der Waals surface area (Å²) in [7, 11) is 0. The van der Waals surface area contributed by atoms with Gasteiger partial charge in [0.25, 0.3) is 0 Å². The van der Waals surface area contributed by atoms with Gasteiger partial charge in [0.2, 0.25) is 0 Å². The van der Waals surface area contributed by atoms with Crippen LogP contribution in [0.1, 0.15) is 46.5 Å². The molecule has 0 amide bonds. The summed E-state index contributed by atoms with van der Waals surface area (Å²) in [5.74, 6) is 0.790. The molecule has 0 unspecified atom stereocenters. The fourth-order valence-corrected chi connectivity index (χ4v) is 1.78. The van der Waals surface area contributed by atoms with E-state index in [1.54, 1.807) is 6.07 Å². The van der Waals surface area contributed by atoms with Crippen molar-refractivity contribution in [2.45, 2.75) is 46.5 Å². The molecule has 1 heterocycles. The van der Waals surface area contributed by atoms with Crippen LogP contribution in [0.4, 0.5) is 5.82 Å². The van der Waals surface area contributed by atoms with Gasteiger partial charge >= 0.3 is 0 Å². The molecule has 0 aliphatic carbocycles. The molecular formula is C13H22ClN3. The molecule has 1 rings (SSSR count). The first-order valence-corrected chi connectivity index (χ1v) is 6.64. The minimum absolute atomic E-state index is 0.288. The van der Waals surface area contributed by atoms with Gasteiger partial charge in [0, 0.05) is 6.54 Å². The molecule has 0 radical (unpaired) electrons. The Morgan fingerprint density at radius 2 is 2.00 bits per heavy atom. The summed E-state index contributed by atoms with van der Waals surface area (Å²) in [4.78, 5) is 0. The van der Waals surface area contributed by atoms with Crippen LogP contribution in [0.25, 0.3) is 0 Å². The van der Waals surface area contributed by atoms with Crippen molar-refractivity contribution in [2.75, 3.05) is 11.9 Å². The van der Waals surface area contributed by atoms with Gasteiger partial charge in [-0.25, -0.2) is 0 Å². The number of unbranched alkanes of at least 4 members (excludes halogenated alkanes) is 2. The number of nitrogens with zero attached hydrogens (tertiary/aromatic N) is 2. The summed E-state index contributed by atoms with van der Waals surface area (Å²) in [5, 5.41) is 11.5. The van der Waals surface area contributed by atoms with Crippen LogP contribution >= 0.6 is 11.6 Å². The van der Waals surface area contributed by atoms with Crippen LogP contribution in [0.5, 0.6) is 0 Å². The smallest absolute Gasteiger partial charge is 0.151 e. The Balaban J connectivity index is 2.35. The van der Waals surface area contributed by atoms with Crippen LogP contribution in [0.2, 0.25) is 5.15 Å². The molecule has 0 bridgehead atoms. The molecule has 0 spiro atoms. The number of halogens is 1. The third-order valence-corrected chi connectivity index (χ3v) is 3.04. The maximum absolute atomic E-state index is 5.68. The third kappa shape index (κ3) is 5.87. The maximum atomic E-state index is 5.68. The summed E-state index contributed by atoms with van der Waals surface area (Å²) in [6.07, 6.45) is 5.10. The molecule has 1 aromatic heterocycles. The Kier molecular flexibility index (Phi) is 5.69. The van der Waals surface area contributed by atoms with E-state index in [4.69, 9.17) is 11.6 Å². The zero-order valence-electron chi connectivity index (χ0n) is 11.0. The highest BCUT2D eigenvalue weighted by atomic mass is 35.5. The van der Waals surface area contributed by atoms with Gasteiger partial charge in [-0.3, -0.25) is 0 Å². The van der Waals surface area contributed by atoms with E-state index in [9.17, 15) is 0 Å². The maximum Gasteiger partial charge on any atom is 0.151 e. The lowest BCUT2D eigenvalue weighted by Gasteiger charge is -2.25. The molecule has 1 N–H and O–H groups in total. The van der Waals surface area contributed by atoms with E-state index in [0.29, 0.717) is 5.15 Å². The molecule has 0 atom stereocenters. The summed E-state index contributed by atoms with van der Waals surface area (Å²) in [6.45, 7) is 7.69. The lowest BCUT2D eigenvalue weighted by atomic mass is 9.87. The number of rotatable bonds is 7. The average molecular weight is 256 g/mol. The van der Waals surface area contributed by atoms with Crippen molar-refractivity contribution in [1.29, 1.82) is 0 Å². The zero-order chi connectivity index (χ0) is 12.7. The second-order valence-electron chi connectivity index (χ2n) is 5.22. The fraction of sp³-hybridized carbons (Fsp3) is 0.692. The first-order chi connectivity index (χ1) is 8.03. The minimum atomic E-state index is 0.288. The molecule has 4 heteroatoms. The van der Waals surface area contributed by atoms with Crippen LogP contribution in [-0.2, 0) is 0 Å². The first kappa shape index (κ1) is 14.2. The van der Waals surface area contributed by atoms with E-state index in [0.717, 1.165) is 12.4 Å². The van der Waals surface area contributed by atoms with Gasteiger partial charge in [-0.15, -0.1) is 10.2 Å². The van der Waals surface area contributed by atoms with Gasteiger partial charge in [-0.05, 0) is 24.0 Å². The summed E-state index contributed by atoms with van der Waals surface area (Å²) in [5.41, 5.74) is 0.288. The van der Waals surface area contributed by atoms with Crippen molar-refractivity contribution in [1.82, 2.24) is 10.2 Å². The van der Waals surface area contributed by atoms with Gasteiger partial charge in [-0.2, -0.15) is 0 Å². The Bertz CT molecular complexity index is 322. The Hall–Kier alpha value is -0.830. The number of nitrogens with one attached hydrogen (secondary N) is 1. The zero-order valence-corrected chi connectivity index (χ0v) is 11.7. The van der Waals surface area contributed by atoms with E-state index in [2.05, 4.69) is 36.3 Å². The van der Waals surface area contributed by atoms with Crippen molar-refractivity contribution in [3.63, 3.8) is 0 Å². The second-order valence-corrected chi connectivity index (χ2v) is 5.60. The molecule has 1 aromatic rings. The molecule has 17 heavy (non-hydrogen) atoms. The molecule has 0 saturated heterocycles. The molecule has 0 saturated carbocycles. The van der Waals surface area contributed by atoms with Crippen molar-refractivity contribution < 1.29 is 0 Å². The summed E-state index contributed by atoms with van der Waals surface area (Å²) in [6, 6.07) is 3.61. The highest BCUT2D eigenvalue weighted by Crippen LogP contribution is 2.24. The SMILES string of the molecule is CCCCCC(C)(C)CNc1ccc(Cl)nn1. The molecule has 0 aromatic carbocycles. The number of hydrogen-bond donors (Lipinski definition) is 1. The van der Waals surface area contributed by atoms with Gasteiger partial charge in [-0.1, -0.05) is 51.6 Å². The van der Waals surface area contributed by atoms with Crippen LogP contribution in [0, 0.1) is 5.41 Å². The third-order valence-electron chi connectivity index (χ3n) is 2.84. The normalized spacial score (nSPS) is 11.5. The van der Waals surface area contributed by atoms with Gasteiger partial charge in [0.1, 0.15) is 5.82 Å². The fourth-order valence-electron chi connectivity index (χ4n) is 1.68. The van der Waals surface area contributed by atoms with Crippen molar-refractivity contribution in [3.8, 4) is 0 Å². The van der Waals surface area contributed by atoms with Gasteiger partial charge in [0.15, 0.2) is 5.15 Å². The lowest BCUT2D eigenvalue weighted by Crippen LogP contribution is -2.23.